The van der Waals surface area contributed by atoms with Crippen molar-refractivity contribution in [3.8, 4) is 0 Å². The zero-order valence-corrected chi connectivity index (χ0v) is 10.4. The van der Waals surface area contributed by atoms with Gasteiger partial charge < -0.3 is 5.73 Å². The SMILES string of the molecule is CC(C)(C)c1ccc(S(=O)CCN)cc1. The monoisotopic (exact) mass is 225 g/mol. The molecule has 0 saturated heterocycles. The molecule has 0 saturated carbocycles. The van der Waals surface area contributed by atoms with E-state index in [0.29, 0.717) is 12.3 Å². The fraction of sp³-hybridized carbons (Fsp3) is 0.500. The Labute approximate surface area is 94.3 Å². The van der Waals surface area contributed by atoms with Gasteiger partial charge in [-0.15, -0.1) is 0 Å². The molecule has 0 fully saturated rings. The van der Waals surface area contributed by atoms with Crippen molar-refractivity contribution in [2.24, 2.45) is 5.73 Å². The number of hydrogen-bond acceptors (Lipinski definition) is 2. The molecule has 2 nitrogen and oxygen atoms in total. The van der Waals surface area contributed by atoms with Gasteiger partial charge in [-0.05, 0) is 23.1 Å². The summed E-state index contributed by atoms with van der Waals surface area (Å²) >= 11 is 0. The summed E-state index contributed by atoms with van der Waals surface area (Å²) in [5, 5.41) is 0. The molecule has 15 heavy (non-hydrogen) atoms. The first-order chi connectivity index (χ1) is 6.95. The van der Waals surface area contributed by atoms with Gasteiger partial charge in [0.2, 0.25) is 0 Å². The van der Waals surface area contributed by atoms with Crippen molar-refractivity contribution in [3.63, 3.8) is 0 Å². The maximum Gasteiger partial charge on any atom is 0.0542 e. The number of nitrogens with two attached hydrogens (primary N) is 1. The summed E-state index contributed by atoms with van der Waals surface area (Å²) in [6, 6.07) is 7.96. The fourth-order valence-electron chi connectivity index (χ4n) is 1.33. The minimum atomic E-state index is -0.943. The Hall–Kier alpha value is -0.670. The van der Waals surface area contributed by atoms with Gasteiger partial charge in [0.25, 0.3) is 0 Å². The highest BCUT2D eigenvalue weighted by Crippen LogP contribution is 2.22. The molecule has 1 rings (SSSR count). The van der Waals surface area contributed by atoms with Crippen LogP contribution in [0.2, 0.25) is 0 Å². The predicted octanol–water partition coefficient (Wildman–Crippen LogP) is 2.05. The van der Waals surface area contributed by atoms with Crippen LogP contribution in [0.5, 0.6) is 0 Å². The third-order valence-electron chi connectivity index (χ3n) is 2.29. The van der Waals surface area contributed by atoms with E-state index in [1.807, 2.05) is 24.3 Å². The Kier molecular flexibility index (Phi) is 4.05. The highest BCUT2D eigenvalue weighted by Gasteiger charge is 2.13. The molecule has 1 unspecified atom stereocenters. The maximum absolute atomic E-state index is 11.6. The van der Waals surface area contributed by atoms with Crippen molar-refractivity contribution in [2.45, 2.75) is 31.1 Å². The molecule has 1 atom stereocenters. The van der Waals surface area contributed by atoms with E-state index in [0.717, 1.165) is 4.90 Å². The van der Waals surface area contributed by atoms with E-state index >= 15 is 0 Å². The summed E-state index contributed by atoms with van der Waals surface area (Å²) in [7, 11) is -0.943. The second-order valence-corrected chi connectivity index (χ2v) is 6.18. The summed E-state index contributed by atoms with van der Waals surface area (Å²) in [5.41, 5.74) is 6.78. The second kappa shape index (κ2) is 4.90. The number of benzene rings is 1. The normalized spacial score (nSPS) is 13.9. The van der Waals surface area contributed by atoms with Crippen molar-refractivity contribution >= 4 is 10.8 Å². The van der Waals surface area contributed by atoms with Gasteiger partial charge in [0.05, 0.1) is 10.8 Å². The Bertz CT molecular complexity index is 338. The Morgan fingerprint density at radius 3 is 2.13 bits per heavy atom. The van der Waals surface area contributed by atoms with Crippen LogP contribution >= 0.6 is 0 Å². The fourth-order valence-corrected chi connectivity index (χ4v) is 2.22. The van der Waals surface area contributed by atoms with Gasteiger partial charge in [-0.25, -0.2) is 0 Å². The lowest BCUT2D eigenvalue weighted by Gasteiger charge is -2.18. The summed E-state index contributed by atoms with van der Waals surface area (Å²) in [5.74, 6) is 0.537. The average molecular weight is 225 g/mol. The quantitative estimate of drug-likeness (QED) is 0.855. The Morgan fingerprint density at radius 2 is 1.73 bits per heavy atom. The molecule has 0 aliphatic heterocycles. The van der Waals surface area contributed by atoms with Crippen LogP contribution in [0.1, 0.15) is 26.3 Å². The largest absolute Gasteiger partial charge is 0.330 e. The topological polar surface area (TPSA) is 43.1 Å². The molecule has 1 aromatic carbocycles. The van der Waals surface area contributed by atoms with Gasteiger partial charge in [-0.3, -0.25) is 4.21 Å². The molecule has 0 heterocycles. The highest BCUT2D eigenvalue weighted by molar-refractivity contribution is 7.85. The summed E-state index contributed by atoms with van der Waals surface area (Å²) in [6.07, 6.45) is 0. The summed E-state index contributed by atoms with van der Waals surface area (Å²) in [4.78, 5) is 0.869. The molecule has 0 spiro atoms. The van der Waals surface area contributed by atoms with E-state index in [4.69, 9.17) is 5.73 Å². The predicted molar refractivity (Wildman–Crippen MR) is 65.5 cm³/mol. The molecule has 0 aliphatic rings. The van der Waals surface area contributed by atoms with Gasteiger partial charge in [0, 0.05) is 17.2 Å². The molecule has 1 aromatic rings. The number of rotatable bonds is 3. The Morgan fingerprint density at radius 1 is 1.20 bits per heavy atom. The minimum absolute atomic E-state index is 0.147. The van der Waals surface area contributed by atoms with Crippen LogP contribution < -0.4 is 5.73 Å². The zero-order valence-electron chi connectivity index (χ0n) is 9.62. The van der Waals surface area contributed by atoms with Crippen LogP contribution in [-0.4, -0.2) is 16.5 Å². The summed E-state index contributed by atoms with van der Waals surface area (Å²) < 4.78 is 11.6. The number of hydrogen-bond donors (Lipinski definition) is 1. The van der Waals surface area contributed by atoms with E-state index in [9.17, 15) is 4.21 Å². The van der Waals surface area contributed by atoms with Crippen molar-refractivity contribution in [3.05, 3.63) is 29.8 Å². The summed E-state index contributed by atoms with van der Waals surface area (Å²) in [6.45, 7) is 6.96. The minimum Gasteiger partial charge on any atom is -0.330 e. The second-order valence-electron chi connectivity index (χ2n) is 4.61. The Balaban J connectivity index is 2.86. The van der Waals surface area contributed by atoms with E-state index in [2.05, 4.69) is 20.8 Å². The van der Waals surface area contributed by atoms with Crippen LogP contribution in [0.4, 0.5) is 0 Å². The van der Waals surface area contributed by atoms with Gasteiger partial charge in [-0.2, -0.15) is 0 Å². The van der Waals surface area contributed by atoms with Crippen LogP contribution in [0, 0.1) is 0 Å². The first kappa shape index (κ1) is 12.4. The lowest BCUT2D eigenvalue weighted by molar-refractivity contribution is 0.589. The molecular weight excluding hydrogens is 206 g/mol. The van der Waals surface area contributed by atoms with E-state index in [-0.39, 0.29) is 5.41 Å². The third-order valence-corrected chi connectivity index (χ3v) is 3.69. The van der Waals surface area contributed by atoms with Gasteiger partial charge in [-0.1, -0.05) is 32.9 Å². The molecule has 84 valence electrons. The highest BCUT2D eigenvalue weighted by atomic mass is 32.2. The molecule has 0 bridgehead atoms. The van der Waals surface area contributed by atoms with Crippen LogP contribution in [0.25, 0.3) is 0 Å². The van der Waals surface area contributed by atoms with E-state index in [1.54, 1.807) is 0 Å². The molecule has 0 aliphatic carbocycles. The molecule has 2 N–H and O–H groups in total. The van der Waals surface area contributed by atoms with Crippen molar-refractivity contribution in [1.82, 2.24) is 0 Å². The van der Waals surface area contributed by atoms with Gasteiger partial charge in [0.15, 0.2) is 0 Å². The standard InChI is InChI=1S/C12H19NOS/c1-12(2,3)10-4-6-11(7-5-10)15(14)9-8-13/h4-7H,8-9,13H2,1-3H3. The smallest absolute Gasteiger partial charge is 0.0542 e. The molecule has 0 aromatic heterocycles. The molecule has 0 amide bonds. The molecule has 0 radical (unpaired) electrons. The van der Waals surface area contributed by atoms with Gasteiger partial charge >= 0.3 is 0 Å². The third kappa shape index (κ3) is 3.43. The van der Waals surface area contributed by atoms with E-state index in [1.165, 1.54) is 5.56 Å². The first-order valence-electron chi connectivity index (χ1n) is 5.14. The zero-order chi connectivity index (χ0) is 11.5. The van der Waals surface area contributed by atoms with Crippen molar-refractivity contribution in [2.75, 3.05) is 12.3 Å². The van der Waals surface area contributed by atoms with Crippen LogP contribution in [0.15, 0.2) is 29.2 Å². The van der Waals surface area contributed by atoms with Crippen LogP contribution in [0.3, 0.4) is 0 Å². The van der Waals surface area contributed by atoms with Gasteiger partial charge in [0.1, 0.15) is 0 Å². The van der Waals surface area contributed by atoms with Crippen molar-refractivity contribution < 1.29 is 4.21 Å². The van der Waals surface area contributed by atoms with E-state index < -0.39 is 10.8 Å². The average Bonchev–Trinajstić information content (AvgIpc) is 2.17. The molecule has 3 heteroatoms. The molecular formula is C12H19NOS. The lowest BCUT2D eigenvalue weighted by Crippen LogP contribution is -2.12. The lowest BCUT2D eigenvalue weighted by atomic mass is 9.87. The van der Waals surface area contributed by atoms with Crippen LogP contribution in [-0.2, 0) is 16.2 Å². The van der Waals surface area contributed by atoms with Crippen molar-refractivity contribution in [1.29, 1.82) is 0 Å². The first-order valence-corrected chi connectivity index (χ1v) is 6.46. The maximum atomic E-state index is 11.6.